The highest BCUT2D eigenvalue weighted by atomic mass is 35.5. The van der Waals surface area contributed by atoms with Gasteiger partial charge < -0.3 is 9.52 Å². The molecular weight excluding hydrogens is 194 g/mol. The summed E-state index contributed by atoms with van der Waals surface area (Å²) in [6, 6.07) is 0. The lowest BCUT2D eigenvalue weighted by Crippen LogP contribution is -1.82. The molecule has 2 heterocycles. The number of aromatic nitrogens is 3. The summed E-state index contributed by atoms with van der Waals surface area (Å²) in [5.41, 5.74) is 0.866. The Bertz CT molecular complexity index is 396. The van der Waals surface area contributed by atoms with Gasteiger partial charge in [0.2, 0.25) is 5.89 Å². The van der Waals surface area contributed by atoms with Crippen LogP contribution in [0.25, 0.3) is 11.6 Å². The van der Waals surface area contributed by atoms with Crippen molar-refractivity contribution < 1.29 is 9.52 Å². The van der Waals surface area contributed by atoms with Gasteiger partial charge in [-0.2, -0.15) is 5.10 Å². The summed E-state index contributed by atoms with van der Waals surface area (Å²) in [5.74, 6) is 0.334. The predicted molar refractivity (Wildman–Crippen MR) is 45.0 cm³/mol. The van der Waals surface area contributed by atoms with Gasteiger partial charge in [-0.1, -0.05) is 11.6 Å². The van der Waals surface area contributed by atoms with Gasteiger partial charge in [0.25, 0.3) is 0 Å². The minimum absolute atomic E-state index is 0.188. The number of aliphatic hydroxyl groups is 1. The first-order valence-electron chi connectivity index (χ1n) is 3.56. The third-order valence-electron chi connectivity index (χ3n) is 1.57. The Labute approximate surface area is 78.4 Å². The molecule has 0 saturated heterocycles. The second kappa shape index (κ2) is 3.20. The Morgan fingerprint density at radius 2 is 2.46 bits per heavy atom. The van der Waals surface area contributed by atoms with E-state index in [4.69, 9.17) is 21.1 Å². The van der Waals surface area contributed by atoms with Gasteiger partial charge in [0.05, 0.1) is 23.5 Å². The molecule has 2 N–H and O–H groups in total. The molecule has 0 aliphatic rings. The zero-order chi connectivity index (χ0) is 9.26. The molecule has 6 heteroatoms. The first-order valence-corrected chi connectivity index (χ1v) is 3.94. The number of H-pyrrole nitrogens is 1. The lowest BCUT2D eigenvalue weighted by Gasteiger charge is -1.89. The summed E-state index contributed by atoms with van der Waals surface area (Å²) in [6.45, 7) is -0.188. The molecule has 13 heavy (non-hydrogen) atoms. The molecule has 0 spiro atoms. The van der Waals surface area contributed by atoms with Crippen LogP contribution in [0.2, 0.25) is 5.02 Å². The molecule has 0 fully saturated rings. The van der Waals surface area contributed by atoms with Gasteiger partial charge >= 0.3 is 0 Å². The monoisotopic (exact) mass is 199 g/mol. The second-order valence-electron chi connectivity index (χ2n) is 2.36. The van der Waals surface area contributed by atoms with E-state index in [1.807, 2.05) is 0 Å². The van der Waals surface area contributed by atoms with Crippen LogP contribution >= 0.6 is 11.6 Å². The maximum absolute atomic E-state index is 8.82. The van der Waals surface area contributed by atoms with Crippen LogP contribution < -0.4 is 0 Å². The zero-order valence-corrected chi connectivity index (χ0v) is 7.25. The number of nitrogens with zero attached hydrogens (tertiary/aromatic N) is 2. The van der Waals surface area contributed by atoms with Crippen LogP contribution in [0, 0.1) is 0 Å². The fourth-order valence-corrected chi connectivity index (χ4v) is 1.18. The van der Waals surface area contributed by atoms with Crippen molar-refractivity contribution in [3.05, 3.63) is 23.2 Å². The molecule has 0 aliphatic carbocycles. The van der Waals surface area contributed by atoms with Crippen LogP contribution in [0.15, 0.2) is 16.9 Å². The van der Waals surface area contributed by atoms with E-state index in [0.29, 0.717) is 22.3 Å². The topological polar surface area (TPSA) is 74.9 Å². The molecule has 0 aromatic carbocycles. The van der Waals surface area contributed by atoms with Crippen molar-refractivity contribution in [1.29, 1.82) is 0 Å². The third-order valence-corrected chi connectivity index (χ3v) is 1.98. The van der Waals surface area contributed by atoms with E-state index in [0.717, 1.165) is 0 Å². The molecule has 0 unspecified atom stereocenters. The normalized spacial score (nSPS) is 10.6. The first-order chi connectivity index (χ1) is 6.33. The lowest BCUT2D eigenvalue weighted by molar-refractivity contribution is 0.277. The first kappa shape index (κ1) is 8.28. The zero-order valence-electron chi connectivity index (χ0n) is 6.49. The van der Waals surface area contributed by atoms with Gasteiger partial charge in [-0.3, -0.25) is 5.10 Å². The highest BCUT2D eigenvalue weighted by molar-refractivity contribution is 6.33. The van der Waals surface area contributed by atoms with E-state index >= 15 is 0 Å². The van der Waals surface area contributed by atoms with Crippen LogP contribution in [0.3, 0.4) is 0 Å². The van der Waals surface area contributed by atoms with Crippen molar-refractivity contribution in [3.8, 4) is 11.6 Å². The Hall–Kier alpha value is -1.33. The molecule has 0 atom stereocenters. The van der Waals surface area contributed by atoms with Crippen molar-refractivity contribution in [2.75, 3.05) is 0 Å². The number of oxazole rings is 1. The molecule has 5 nitrogen and oxygen atoms in total. The summed E-state index contributed by atoms with van der Waals surface area (Å²) in [7, 11) is 0. The number of halogens is 1. The summed E-state index contributed by atoms with van der Waals surface area (Å²) >= 11 is 5.86. The summed E-state index contributed by atoms with van der Waals surface area (Å²) in [4.78, 5) is 3.88. The lowest BCUT2D eigenvalue weighted by atomic mass is 10.3. The molecule has 2 aromatic heterocycles. The molecule has 0 bridgehead atoms. The number of hydrogen-bond donors (Lipinski definition) is 2. The highest BCUT2D eigenvalue weighted by Crippen LogP contribution is 2.26. The number of aromatic amines is 1. The van der Waals surface area contributed by atoms with Gasteiger partial charge in [0.1, 0.15) is 6.26 Å². The predicted octanol–water partition coefficient (Wildman–Crippen LogP) is 1.21. The Morgan fingerprint density at radius 1 is 1.62 bits per heavy atom. The molecule has 0 amide bonds. The van der Waals surface area contributed by atoms with Gasteiger partial charge in [0.15, 0.2) is 5.69 Å². The quantitative estimate of drug-likeness (QED) is 0.763. The molecule has 2 rings (SSSR count). The van der Waals surface area contributed by atoms with E-state index in [1.54, 1.807) is 0 Å². The Morgan fingerprint density at radius 3 is 3.00 bits per heavy atom. The van der Waals surface area contributed by atoms with Crippen LogP contribution in [-0.4, -0.2) is 20.3 Å². The average Bonchev–Trinajstić information content (AvgIpc) is 2.72. The van der Waals surface area contributed by atoms with Crippen LogP contribution in [0.5, 0.6) is 0 Å². The van der Waals surface area contributed by atoms with Crippen LogP contribution in [-0.2, 0) is 6.61 Å². The van der Waals surface area contributed by atoms with E-state index in [2.05, 4.69) is 15.2 Å². The van der Waals surface area contributed by atoms with Gasteiger partial charge in [-0.05, 0) is 0 Å². The number of rotatable bonds is 2. The number of nitrogens with one attached hydrogen (secondary N) is 1. The van der Waals surface area contributed by atoms with Crippen molar-refractivity contribution in [2.45, 2.75) is 6.61 Å². The van der Waals surface area contributed by atoms with Crippen molar-refractivity contribution in [3.63, 3.8) is 0 Å². The molecule has 0 aliphatic heterocycles. The van der Waals surface area contributed by atoms with E-state index in [-0.39, 0.29) is 6.61 Å². The minimum Gasteiger partial charge on any atom is -0.443 e. The summed E-state index contributed by atoms with van der Waals surface area (Å²) in [6.07, 6.45) is 2.93. The maximum atomic E-state index is 8.82. The Kier molecular flexibility index (Phi) is 2.03. The van der Waals surface area contributed by atoms with Crippen molar-refractivity contribution in [2.24, 2.45) is 0 Å². The average molecular weight is 200 g/mol. The molecule has 2 aromatic rings. The van der Waals surface area contributed by atoms with Gasteiger partial charge in [-0.15, -0.1) is 0 Å². The van der Waals surface area contributed by atoms with Crippen LogP contribution in [0.1, 0.15) is 5.69 Å². The van der Waals surface area contributed by atoms with E-state index < -0.39 is 0 Å². The summed E-state index contributed by atoms with van der Waals surface area (Å²) in [5, 5.41) is 15.6. The van der Waals surface area contributed by atoms with Crippen LogP contribution in [0.4, 0.5) is 0 Å². The molecular formula is C7H6ClN3O2. The van der Waals surface area contributed by atoms with E-state index in [9.17, 15) is 0 Å². The fourth-order valence-electron chi connectivity index (χ4n) is 0.951. The molecule has 68 valence electrons. The number of hydrogen-bond acceptors (Lipinski definition) is 4. The maximum Gasteiger partial charge on any atom is 0.248 e. The van der Waals surface area contributed by atoms with Gasteiger partial charge in [-0.25, -0.2) is 4.98 Å². The van der Waals surface area contributed by atoms with Gasteiger partial charge in [0, 0.05) is 0 Å². The smallest absolute Gasteiger partial charge is 0.248 e. The number of aliphatic hydroxyl groups excluding tert-OH is 1. The Balaban J connectivity index is 2.48. The van der Waals surface area contributed by atoms with Crippen molar-refractivity contribution in [1.82, 2.24) is 15.2 Å². The molecule has 0 radical (unpaired) electrons. The molecule has 0 saturated carbocycles. The van der Waals surface area contributed by atoms with Crippen molar-refractivity contribution >= 4 is 11.6 Å². The SMILES string of the molecule is OCc1[nH]nc(-c2ncco2)c1Cl. The minimum atomic E-state index is -0.188. The second-order valence-corrected chi connectivity index (χ2v) is 2.74. The highest BCUT2D eigenvalue weighted by Gasteiger charge is 2.15. The largest absolute Gasteiger partial charge is 0.443 e. The standard InChI is InChI=1S/C7H6ClN3O2/c8-5-4(3-12)10-11-6(5)7-9-1-2-13-7/h1-2,12H,3H2,(H,10,11). The summed E-state index contributed by atoms with van der Waals surface area (Å²) < 4.78 is 5.00. The fraction of sp³-hybridized carbons (Fsp3) is 0.143. The third kappa shape index (κ3) is 1.32. The van der Waals surface area contributed by atoms with E-state index in [1.165, 1.54) is 12.5 Å².